The van der Waals surface area contributed by atoms with E-state index in [4.69, 9.17) is 0 Å². The zero-order valence-corrected chi connectivity index (χ0v) is 13.9. The quantitative estimate of drug-likeness (QED) is 0.722. The van der Waals surface area contributed by atoms with Crippen LogP contribution in [-0.2, 0) is 16.0 Å². The Morgan fingerprint density at radius 3 is 2.52 bits per heavy atom. The molecule has 0 saturated carbocycles. The van der Waals surface area contributed by atoms with Gasteiger partial charge in [-0.1, -0.05) is 44.9 Å². The van der Waals surface area contributed by atoms with Crippen molar-refractivity contribution in [2.45, 2.75) is 59.4 Å². The molecule has 1 rings (SSSR count). The summed E-state index contributed by atoms with van der Waals surface area (Å²) in [4.78, 5) is 23.3. The van der Waals surface area contributed by atoms with Crippen molar-refractivity contribution in [1.29, 1.82) is 0 Å². The first-order chi connectivity index (χ1) is 9.93. The number of anilines is 1. The molecule has 1 atom stereocenters. The van der Waals surface area contributed by atoms with Crippen molar-refractivity contribution in [3.8, 4) is 0 Å². The average Bonchev–Trinajstić information content (AvgIpc) is 2.83. The molecule has 21 heavy (non-hydrogen) atoms. The number of amides is 2. The van der Waals surface area contributed by atoms with E-state index in [0.717, 1.165) is 24.3 Å². The molecule has 1 unspecified atom stereocenters. The fourth-order valence-electron chi connectivity index (χ4n) is 1.87. The molecule has 118 valence electrons. The minimum atomic E-state index is -0.560. The molecule has 0 aliphatic carbocycles. The highest BCUT2D eigenvalue weighted by Gasteiger charge is 2.23. The number of hydrogen-bond acceptors (Lipinski definition) is 5. The molecule has 0 aromatic carbocycles. The number of aryl methyl sites for hydroxylation is 1. The number of rotatable bonds is 8. The van der Waals surface area contributed by atoms with Gasteiger partial charge in [0.15, 0.2) is 0 Å². The first-order valence-electron chi connectivity index (χ1n) is 7.34. The largest absolute Gasteiger partial charge is 0.344 e. The van der Waals surface area contributed by atoms with Gasteiger partial charge in [0.25, 0.3) is 0 Å². The molecule has 7 heteroatoms. The van der Waals surface area contributed by atoms with Gasteiger partial charge < -0.3 is 5.32 Å². The van der Waals surface area contributed by atoms with Crippen molar-refractivity contribution in [3.63, 3.8) is 0 Å². The molecular formula is C14H24N4O2S. The van der Waals surface area contributed by atoms with Crippen LogP contribution in [-0.4, -0.2) is 28.1 Å². The van der Waals surface area contributed by atoms with Gasteiger partial charge in [-0.15, -0.1) is 10.2 Å². The predicted octanol–water partition coefficient (Wildman–Crippen LogP) is 2.37. The molecule has 0 radical (unpaired) electrons. The maximum absolute atomic E-state index is 12.2. The Morgan fingerprint density at radius 1 is 1.24 bits per heavy atom. The van der Waals surface area contributed by atoms with Crippen LogP contribution in [0.2, 0.25) is 0 Å². The van der Waals surface area contributed by atoms with Crippen LogP contribution in [0.5, 0.6) is 0 Å². The molecule has 1 aromatic rings. The lowest BCUT2D eigenvalue weighted by atomic mass is 10.0. The summed E-state index contributed by atoms with van der Waals surface area (Å²) in [6.07, 6.45) is 4.30. The lowest BCUT2D eigenvalue weighted by Gasteiger charge is -2.19. The molecule has 2 amide bonds. The first kappa shape index (κ1) is 17.6. The van der Waals surface area contributed by atoms with Crippen molar-refractivity contribution in [2.24, 2.45) is 5.92 Å². The zero-order chi connectivity index (χ0) is 15.8. The molecular weight excluding hydrogens is 288 g/mol. The van der Waals surface area contributed by atoms with E-state index in [1.165, 1.54) is 24.7 Å². The van der Waals surface area contributed by atoms with Crippen molar-refractivity contribution in [3.05, 3.63) is 5.01 Å². The summed E-state index contributed by atoms with van der Waals surface area (Å²) in [5, 5.41) is 14.9. The van der Waals surface area contributed by atoms with Gasteiger partial charge in [-0.05, 0) is 12.3 Å². The summed E-state index contributed by atoms with van der Waals surface area (Å²) in [6.45, 7) is 7.33. The van der Waals surface area contributed by atoms with Crippen molar-refractivity contribution in [2.75, 3.05) is 5.32 Å². The van der Waals surface area contributed by atoms with Gasteiger partial charge in [-0.3, -0.25) is 14.9 Å². The second-order valence-electron chi connectivity index (χ2n) is 5.37. The van der Waals surface area contributed by atoms with Crippen LogP contribution in [0, 0.1) is 5.92 Å². The third-order valence-electron chi connectivity index (χ3n) is 3.00. The van der Waals surface area contributed by atoms with Gasteiger partial charge in [0.1, 0.15) is 11.0 Å². The molecule has 6 nitrogen and oxygen atoms in total. The smallest absolute Gasteiger partial charge is 0.249 e. The standard InChI is InChI=1S/C14H24N4O2S/c1-5-6-7-8-11-17-18-14(21-11)16-13(20)12(9(2)3)15-10(4)19/h9,12H,5-8H2,1-4H3,(H,15,19)(H,16,18,20). The minimum Gasteiger partial charge on any atom is -0.344 e. The van der Waals surface area contributed by atoms with E-state index in [1.807, 2.05) is 13.8 Å². The Hall–Kier alpha value is -1.50. The summed E-state index contributed by atoms with van der Waals surface area (Å²) in [6, 6.07) is -0.560. The molecule has 1 aromatic heterocycles. The number of carbonyl (C=O) groups excluding carboxylic acids is 2. The molecule has 1 heterocycles. The highest BCUT2D eigenvalue weighted by Crippen LogP contribution is 2.18. The second-order valence-corrected chi connectivity index (χ2v) is 6.43. The van der Waals surface area contributed by atoms with E-state index >= 15 is 0 Å². The second kappa shape index (κ2) is 8.71. The summed E-state index contributed by atoms with van der Waals surface area (Å²) >= 11 is 1.39. The molecule has 0 saturated heterocycles. The van der Waals surface area contributed by atoms with Gasteiger partial charge in [0.2, 0.25) is 16.9 Å². The summed E-state index contributed by atoms with van der Waals surface area (Å²) in [7, 11) is 0. The number of aromatic nitrogens is 2. The van der Waals surface area contributed by atoms with Gasteiger partial charge in [-0.25, -0.2) is 0 Å². The number of carbonyl (C=O) groups is 2. The molecule has 0 aliphatic rings. The van der Waals surface area contributed by atoms with E-state index in [2.05, 4.69) is 27.8 Å². The molecule has 0 fully saturated rings. The Balaban J connectivity index is 2.58. The Morgan fingerprint density at radius 2 is 1.95 bits per heavy atom. The van der Waals surface area contributed by atoms with Crippen LogP contribution in [0.25, 0.3) is 0 Å². The minimum absolute atomic E-state index is 0.00541. The van der Waals surface area contributed by atoms with Crippen LogP contribution in [0.1, 0.15) is 52.0 Å². The number of unbranched alkanes of at least 4 members (excludes halogenated alkanes) is 2. The normalized spacial score (nSPS) is 12.2. The third kappa shape index (κ3) is 6.20. The van der Waals surface area contributed by atoms with Crippen LogP contribution >= 0.6 is 11.3 Å². The number of hydrogen-bond donors (Lipinski definition) is 2. The van der Waals surface area contributed by atoms with Gasteiger partial charge in [-0.2, -0.15) is 0 Å². The zero-order valence-electron chi connectivity index (χ0n) is 13.1. The fraction of sp³-hybridized carbons (Fsp3) is 0.714. The topological polar surface area (TPSA) is 84.0 Å². The van der Waals surface area contributed by atoms with E-state index in [0.29, 0.717) is 5.13 Å². The van der Waals surface area contributed by atoms with E-state index in [9.17, 15) is 9.59 Å². The van der Waals surface area contributed by atoms with Crippen molar-refractivity contribution >= 4 is 28.3 Å². The maximum Gasteiger partial charge on any atom is 0.249 e. The van der Waals surface area contributed by atoms with Crippen molar-refractivity contribution in [1.82, 2.24) is 15.5 Å². The van der Waals surface area contributed by atoms with Crippen LogP contribution < -0.4 is 10.6 Å². The predicted molar refractivity (Wildman–Crippen MR) is 84.2 cm³/mol. The molecule has 0 spiro atoms. The SMILES string of the molecule is CCCCCc1nnc(NC(=O)C(NC(C)=O)C(C)C)s1. The van der Waals surface area contributed by atoms with Crippen LogP contribution in [0.3, 0.4) is 0 Å². The van der Waals surface area contributed by atoms with E-state index in [1.54, 1.807) is 0 Å². The molecule has 0 bridgehead atoms. The summed E-state index contributed by atoms with van der Waals surface area (Å²) < 4.78 is 0. The van der Waals surface area contributed by atoms with Gasteiger partial charge in [0, 0.05) is 13.3 Å². The highest BCUT2D eigenvalue weighted by atomic mass is 32.1. The third-order valence-corrected chi connectivity index (χ3v) is 3.90. The van der Waals surface area contributed by atoms with Crippen LogP contribution in [0.4, 0.5) is 5.13 Å². The van der Waals surface area contributed by atoms with E-state index in [-0.39, 0.29) is 17.7 Å². The van der Waals surface area contributed by atoms with Crippen molar-refractivity contribution < 1.29 is 9.59 Å². The highest BCUT2D eigenvalue weighted by molar-refractivity contribution is 7.15. The summed E-state index contributed by atoms with van der Waals surface area (Å²) in [5.74, 6) is -0.469. The summed E-state index contributed by atoms with van der Waals surface area (Å²) in [5.41, 5.74) is 0. The number of nitrogens with one attached hydrogen (secondary N) is 2. The Kier molecular flexibility index (Phi) is 7.28. The first-order valence-corrected chi connectivity index (χ1v) is 8.16. The fourth-order valence-corrected chi connectivity index (χ4v) is 2.65. The van der Waals surface area contributed by atoms with Crippen LogP contribution in [0.15, 0.2) is 0 Å². The maximum atomic E-state index is 12.2. The van der Waals surface area contributed by atoms with Gasteiger partial charge in [0.05, 0.1) is 0 Å². The number of nitrogens with zero attached hydrogens (tertiary/aromatic N) is 2. The molecule has 2 N–H and O–H groups in total. The molecule has 0 aliphatic heterocycles. The average molecular weight is 312 g/mol. The van der Waals surface area contributed by atoms with Gasteiger partial charge >= 0.3 is 0 Å². The Bertz CT molecular complexity index is 473. The monoisotopic (exact) mass is 312 g/mol. The lowest BCUT2D eigenvalue weighted by Crippen LogP contribution is -2.46. The Labute approximate surface area is 129 Å². The lowest BCUT2D eigenvalue weighted by molar-refractivity contribution is -0.126. The van der Waals surface area contributed by atoms with E-state index < -0.39 is 6.04 Å².